The Hall–Kier alpha value is -1.97. The monoisotopic (exact) mass is 248 g/mol. The van der Waals surface area contributed by atoms with Gasteiger partial charge in [-0.2, -0.15) is 0 Å². The third kappa shape index (κ3) is 2.83. The van der Waals surface area contributed by atoms with E-state index < -0.39 is 0 Å². The van der Waals surface area contributed by atoms with Gasteiger partial charge in [-0.1, -0.05) is 0 Å². The van der Waals surface area contributed by atoms with Crippen LogP contribution in [0, 0.1) is 18.6 Å². The van der Waals surface area contributed by atoms with Crippen molar-refractivity contribution in [1.82, 2.24) is 4.98 Å². The highest BCUT2D eigenvalue weighted by atomic mass is 19.1. The van der Waals surface area contributed by atoms with Crippen molar-refractivity contribution in [2.24, 2.45) is 0 Å². The van der Waals surface area contributed by atoms with Crippen LogP contribution in [0.25, 0.3) is 0 Å². The predicted molar refractivity (Wildman–Crippen MR) is 67.4 cm³/mol. The van der Waals surface area contributed by atoms with E-state index in [9.17, 15) is 8.78 Å². The van der Waals surface area contributed by atoms with E-state index in [0.717, 1.165) is 11.4 Å². The number of nitrogens with one attached hydrogen (secondary N) is 1. The van der Waals surface area contributed by atoms with Crippen molar-refractivity contribution < 1.29 is 8.78 Å². The molecule has 1 unspecified atom stereocenters. The van der Waals surface area contributed by atoms with E-state index in [4.69, 9.17) is 0 Å². The van der Waals surface area contributed by atoms with Crippen LogP contribution >= 0.6 is 0 Å². The second-order valence-electron chi connectivity index (χ2n) is 4.23. The molecule has 0 amide bonds. The van der Waals surface area contributed by atoms with E-state index in [2.05, 4.69) is 10.3 Å². The molecule has 1 N–H and O–H groups in total. The zero-order chi connectivity index (χ0) is 13.1. The van der Waals surface area contributed by atoms with Gasteiger partial charge in [-0.25, -0.2) is 8.78 Å². The third-order valence-electron chi connectivity index (χ3n) is 2.74. The van der Waals surface area contributed by atoms with Crippen LogP contribution in [-0.4, -0.2) is 4.98 Å². The number of pyridine rings is 1. The number of anilines is 1. The summed E-state index contributed by atoms with van der Waals surface area (Å²) in [6.07, 6.45) is 1.18. The summed E-state index contributed by atoms with van der Waals surface area (Å²) in [5, 5.41) is 3.19. The molecule has 0 aliphatic heterocycles. The maximum atomic E-state index is 13.1. The Bertz CT molecular complexity index is 538. The number of nitrogens with zero attached hydrogens (tertiary/aromatic N) is 1. The second-order valence-corrected chi connectivity index (χ2v) is 4.23. The zero-order valence-electron chi connectivity index (χ0n) is 10.2. The van der Waals surface area contributed by atoms with E-state index in [1.807, 2.05) is 6.92 Å². The molecule has 0 bridgehead atoms. The van der Waals surface area contributed by atoms with E-state index in [1.54, 1.807) is 25.1 Å². The molecule has 2 rings (SSSR count). The number of aromatic nitrogens is 1. The molecule has 4 heteroatoms. The summed E-state index contributed by atoms with van der Waals surface area (Å²) in [4.78, 5) is 4.00. The highest BCUT2D eigenvalue weighted by Gasteiger charge is 2.07. The molecule has 1 atom stereocenters. The molecule has 18 heavy (non-hydrogen) atoms. The van der Waals surface area contributed by atoms with Crippen molar-refractivity contribution in [2.45, 2.75) is 19.9 Å². The SMILES string of the molecule is Cc1cc(NC(C)c2ccc(F)cn2)ccc1F. The molecule has 0 radical (unpaired) electrons. The third-order valence-corrected chi connectivity index (χ3v) is 2.74. The fourth-order valence-electron chi connectivity index (χ4n) is 1.70. The summed E-state index contributed by atoms with van der Waals surface area (Å²) in [7, 11) is 0. The number of rotatable bonds is 3. The van der Waals surface area contributed by atoms with E-state index in [1.165, 1.54) is 18.3 Å². The van der Waals surface area contributed by atoms with E-state index in [-0.39, 0.29) is 17.7 Å². The van der Waals surface area contributed by atoms with Crippen LogP contribution in [-0.2, 0) is 0 Å². The van der Waals surface area contributed by atoms with Gasteiger partial charge in [-0.15, -0.1) is 0 Å². The van der Waals surface area contributed by atoms with Gasteiger partial charge in [0.25, 0.3) is 0 Å². The van der Waals surface area contributed by atoms with Gasteiger partial charge in [0.2, 0.25) is 0 Å². The van der Waals surface area contributed by atoms with Gasteiger partial charge in [-0.3, -0.25) is 4.98 Å². The summed E-state index contributed by atoms with van der Waals surface area (Å²) in [5.41, 5.74) is 2.13. The largest absolute Gasteiger partial charge is 0.377 e. The molecule has 0 saturated carbocycles. The lowest BCUT2D eigenvalue weighted by atomic mass is 10.1. The average Bonchev–Trinajstić information content (AvgIpc) is 2.34. The summed E-state index contributed by atoms with van der Waals surface area (Å²) < 4.78 is 25.9. The van der Waals surface area contributed by atoms with Crippen LogP contribution in [0.3, 0.4) is 0 Å². The highest BCUT2D eigenvalue weighted by Crippen LogP contribution is 2.19. The summed E-state index contributed by atoms with van der Waals surface area (Å²) >= 11 is 0. The number of aryl methyl sites for hydroxylation is 1. The van der Waals surface area contributed by atoms with E-state index in [0.29, 0.717) is 5.56 Å². The molecular weight excluding hydrogens is 234 g/mol. The average molecular weight is 248 g/mol. The minimum Gasteiger partial charge on any atom is -0.377 e. The maximum absolute atomic E-state index is 13.1. The zero-order valence-corrected chi connectivity index (χ0v) is 10.2. The standard InChI is InChI=1S/C14H14F2N2/c1-9-7-12(4-5-13(9)16)18-10(2)14-6-3-11(15)8-17-14/h3-8,10,18H,1-2H3. The lowest BCUT2D eigenvalue weighted by Crippen LogP contribution is -2.08. The minimum atomic E-state index is -0.358. The molecule has 2 nitrogen and oxygen atoms in total. The van der Waals surface area contributed by atoms with Gasteiger partial charge in [0.1, 0.15) is 11.6 Å². The minimum absolute atomic E-state index is 0.0736. The van der Waals surface area contributed by atoms with Crippen molar-refractivity contribution in [3.05, 3.63) is 59.4 Å². The Balaban J connectivity index is 2.13. The molecule has 1 aromatic heterocycles. The van der Waals surface area contributed by atoms with Crippen molar-refractivity contribution in [1.29, 1.82) is 0 Å². The number of halogens is 2. The van der Waals surface area contributed by atoms with Gasteiger partial charge < -0.3 is 5.32 Å². The Morgan fingerprint density at radius 2 is 1.94 bits per heavy atom. The number of hydrogen-bond donors (Lipinski definition) is 1. The Labute approximate surface area is 105 Å². The van der Waals surface area contributed by atoms with Gasteiger partial charge in [0, 0.05) is 5.69 Å². The summed E-state index contributed by atoms with van der Waals surface area (Å²) in [6.45, 7) is 3.63. The van der Waals surface area contributed by atoms with Crippen LogP contribution in [0.1, 0.15) is 24.2 Å². The molecule has 2 aromatic rings. The molecule has 0 fully saturated rings. The van der Waals surface area contributed by atoms with Crippen molar-refractivity contribution in [3.63, 3.8) is 0 Å². The normalized spacial score (nSPS) is 12.2. The van der Waals surface area contributed by atoms with Gasteiger partial charge in [0.05, 0.1) is 17.9 Å². The number of hydrogen-bond acceptors (Lipinski definition) is 2. The first kappa shape index (κ1) is 12.5. The lowest BCUT2D eigenvalue weighted by molar-refractivity contribution is 0.616. The molecule has 0 aliphatic rings. The predicted octanol–water partition coefficient (Wildman–Crippen LogP) is 3.84. The summed E-state index contributed by atoms with van der Waals surface area (Å²) in [6, 6.07) is 7.75. The van der Waals surface area contributed by atoms with Crippen LogP contribution in [0.4, 0.5) is 14.5 Å². The smallest absolute Gasteiger partial charge is 0.141 e. The molecule has 94 valence electrons. The maximum Gasteiger partial charge on any atom is 0.141 e. The fraction of sp³-hybridized carbons (Fsp3) is 0.214. The second kappa shape index (κ2) is 5.12. The fourth-order valence-corrected chi connectivity index (χ4v) is 1.70. The number of benzene rings is 1. The van der Waals surface area contributed by atoms with Crippen LogP contribution in [0.5, 0.6) is 0 Å². The van der Waals surface area contributed by atoms with Crippen molar-refractivity contribution in [2.75, 3.05) is 5.32 Å². The molecule has 1 aromatic carbocycles. The molecule has 0 aliphatic carbocycles. The lowest BCUT2D eigenvalue weighted by Gasteiger charge is -2.15. The first-order valence-electron chi connectivity index (χ1n) is 5.70. The van der Waals surface area contributed by atoms with Crippen LogP contribution in [0.15, 0.2) is 36.5 Å². The van der Waals surface area contributed by atoms with Crippen LogP contribution < -0.4 is 5.32 Å². The van der Waals surface area contributed by atoms with Crippen molar-refractivity contribution >= 4 is 5.69 Å². The Kier molecular flexibility index (Phi) is 3.55. The highest BCUT2D eigenvalue weighted by molar-refractivity contribution is 5.47. The first-order valence-corrected chi connectivity index (χ1v) is 5.70. The van der Waals surface area contributed by atoms with E-state index >= 15 is 0 Å². The summed E-state index contributed by atoms with van der Waals surface area (Å²) in [5.74, 6) is -0.586. The van der Waals surface area contributed by atoms with Crippen molar-refractivity contribution in [3.8, 4) is 0 Å². The molecular formula is C14H14F2N2. The molecule has 0 spiro atoms. The Morgan fingerprint density at radius 3 is 2.56 bits per heavy atom. The molecule has 1 heterocycles. The van der Waals surface area contributed by atoms with Gasteiger partial charge >= 0.3 is 0 Å². The van der Waals surface area contributed by atoms with Gasteiger partial charge in [-0.05, 0) is 49.7 Å². The quantitative estimate of drug-likeness (QED) is 0.892. The first-order chi connectivity index (χ1) is 8.56. The topological polar surface area (TPSA) is 24.9 Å². The van der Waals surface area contributed by atoms with Crippen LogP contribution in [0.2, 0.25) is 0 Å². The molecule has 0 saturated heterocycles. The van der Waals surface area contributed by atoms with Gasteiger partial charge in [0.15, 0.2) is 0 Å². The Morgan fingerprint density at radius 1 is 1.17 bits per heavy atom.